The Bertz CT molecular complexity index is 1470. The first-order chi connectivity index (χ1) is 20.7. The molecule has 0 saturated carbocycles. The smallest absolute Gasteiger partial charge is 0.309 e. The third-order valence-electron chi connectivity index (χ3n) is 8.27. The number of aliphatic carboxylic acids is 1. The molecule has 0 radical (unpaired) electrons. The number of rotatable bonds is 11. The minimum atomic E-state index is -1.03. The fourth-order valence-electron chi connectivity index (χ4n) is 6.33. The van der Waals surface area contributed by atoms with E-state index in [2.05, 4.69) is 31.3 Å². The third-order valence-corrected chi connectivity index (χ3v) is 8.27. The Labute approximate surface area is 251 Å². The number of carbonyl (C=O) groups is 2. The van der Waals surface area contributed by atoms with Crippen molar-refractivity contribution in [1.29, 1.82) is 0 Å². The molecule has 1 unspecified atom stereocenters. The summed E-state index contributed by atoms with van der Waals surface area (Å²) in [6.45, 7) is 8.86. The van der Waals surface area contributed by atoms with Crippen LogP contribution in [0.1, 0.15) is 67.0 Å². The van der Waals surface area contributed by atoms with Crippen molar-refractivity contribution in [1.82, 2.24) is 4.90 Å². The predicted molar refractivity (Wildman–Crippen MR) is 161 cm³/mol. The first kappa shape index (κ1) is 30.4. The number of aryl methyl sites for hydroxylation is 3. The highest BCUT2D eigenvalue weighted by Crippen LogP contribution is 2.48. The number of carboxylic acid groups (broad SMARTS) is 1. The Morgan fingerprint density at radius 1 is 1.02 bits per heavy atom. The quantitative estimate of drug-likeness (QED) is 0.272. The summed E-state index contributed by atoms with van der Waals surface area (Å²) in [6.07, 6.45) is 2.40. The normalized spacial score (nSPS) is 19.4. The molecule has 2 aliphatic heterocycles. The maximum atomic E-state index is 15.0. The molecule has 5 rings (SSSR count). The molecule has 0 aliphatic carbocycles. The molecule has 9 heteroatoms. The summed E-state index contributed by atoms with van der Waals surface area (Å²) in [4.78, 5) is 28.4. The molecule has 43 heavy (non-hydrogen) atoms. The maximum absolute atomic E-state index is 15.0. The van der Waals surface area contributed by atoms with Crippen LogP contribution < -0.4 is 19.5 Å². The fraction of sp³-hybridized carbons (Fsp3) is 0.412. The molecule has 1 fully saturated rings. The van der Waals surface area contributed by atoms with Gasteiger partial charge in [0.05, 0.1) is 19.1 Å². The van der Waals surface area contributed by atoms with Crippen LogP contribution in [0, 0.1) is 18.7 Å². The van der Waals surface area contributed by atoms with E-state index in [1.54, 1.807) is 6.07 Å². The van der Waals surface area contributed by atoms with Gasteiger partial charge in [-0.2, -0.15) is 0 Å². The lowest BCUT2D eigenvalue weighted by atomic mass is 9.82. The molecule has 2 aliphatic rings. The largest absolute Gasteiger partial charge is 0.494 e. The van der Waals surface area contributed by atoms with Gasteiger partial charge >= 0.3 is 5.97 Å². The lowest BCUT2D eigenvalue weighted by Gasteiger charge is -2.27. The molecule has 0 aromatic heterocycles. The van der Waals surface area contributed by atoms with Crippen molar-refractivity contribution in [2.75, 3.05) is 31.8 Å². The number of anilines is 1. The Morgan fingerprint density at radius 2 is 1.72 bits per heavy atom. The SMILES string of the molecule is CCCOc1ccc([C@H]2C(C(=O)O)[C@@H](c3cc(F)c4c(c3)OCO4)CN2CC(=O)Nc2c(CC)cc(C)cc2CC)cc1. The second-order valence-electron chi connectivity index (χ2n) is 11.2. The van der Waals surface area contributed by atoms with E-state index in [4.69, 9.17) is 14.2 Å². The molecule has 1 saturated heterocycles. The summed E-state index contributed by atoms with van der Waals surface area (Å²) < 4.78 is 31.4. The Morgan fingerprint density at radius 3 is 2.35 bits per heavy atom. The highest BCUT2D eigenvalue weighted by Gasteiger charge is 2.48. The van der Waals surface area contributed by atoms with Gasteiger partial charge in [0.15, 0.2) is 11.6 Å². The van der Waals surface area contributed by atoms with Crippen molar-refractivity contribution < 1.29 is 33.3 Å². The van der Waals surface area contributed by atoms with E-state index in [0.29, 0.717) is 17.9 Å². The summed E-state index contributed by atoms with van der Waals surface area (Å²) in [5, 5.41) is 13.7. The van der Waals surface area contributed by atoms with Crippen LogP contribution in [-0.4, -0.2) is 48.4 Å². The van der Waals surface area contributed by atoms with Crippen molar-refractivity contribution in [3.63, 3.8) is 0 Å². The molecule has 8 nitrogen and oxygen atoms in total. The van der Waals surface area contributed by atoms with Crippen LogP contribution in [0.2, 0.25) is 0 Å². The van der Waals surface area contributed by atoms with Crippen LogP contribution >= 0.6 is 0 Å². The second kappa shape index (κ2) is 13.0. The van der Waals surface area contributed by atoms with Crippen molar-refractivity contribution >= 4 is 17.6 Å². The Hall–Kier alpha value is -4.11. The van der Waals surface area contributed by atoms with Crippen LogP contribution in [0.25, 0.3) is 0 Å². The van der Waals surface area contributed by atoms with Crippen molar-refractivity contribution in [3.8, 4) is 17.2 Å². The van der Waals surface area contributed by atoms with E-state index in [0.717, 1.165) is 47.2 Å². The van der Waals surface area contributed by atoms with Gasteiger partial charge in [0.25, 0.3) is 0 Å². The van der Waals surface area contributed by atoms with E-state index < -0.39 is 29.7 Å². The summed E-state index contributed by atoms with van der Waals surface area (Å²) in [5.41, 5.74) is 5.31. The fourth-order valence-corrected chi connectivity index (χ4v) is 6.33. The predicted octanol–water partition coefficient (Wildman–Crippen LogP) is 6.26. The summed E-state index contributed by atoms with van der Waals surface area (Å²) in [6, 6.07) is 13.8. The van der Waals surface area contributed by atoms with Crippen LogP contribution in [0.3, 0.4) is 0 Å². The highest BCUT2D eigenvalue weighted by atomic mass is 19.1. The van der Waals surface area contributed by atoms with Gasteiger partial charge in [0.1, 0.15) is 5.75 Å². The zero-order chi connectivity index (χ0) is 30.7. The van der Waals surface area contributed by atoms with Crippen molar-refractivity contribution in [2.45, 2.75) is 58.9 Å². The maximum Gasteiger partial charge on any atom is 0.309 e. The van der Waals surface area contributed by atoms with E-state index in [-0.39, 0.29) is 37.3 Å². The van der Waals surface area contributed by atoms with Gasteiger partial charge in [-0.3, -0.25) is 14.5 Å². The van der Waals surface area contributed by atoms with Gasteiger partial charge in [-0.15, -0.1) is 0 Å². The lowest BCUT2D eigenvalue weighted by molar-refractivity contribution is -0.143. The average Bonchev–Trinajstić information content (AvgIpc) is 3.62. The van der Waals surface area contributed by atoms with E-state index in [9.17, 15) is 19.1 Å². The zero-order valence-corrected chi connectivity index (χ0v) is 25.1. The summed E-state index contributed by atoms with van der Waals surface area (Å²) in [7, 11) is 0. The number of amides is 1. The molecular weight excluding hydrogens is 551 g/mol. The minimum Gasteiger partial charge on any atom is -0.494 e. The number of carboxylic acids is 1. The minimum absolute atomic E-state index is 0.0284. The number of carbonyl (C=O) groups excluding carboxylic acids is 1. The first-order valence-electron chi connectivity index (χ1n) is 14.9. The van der Waals surface area contributed by atoms with Crippen molar-refractivity contribution in [3.05, 3.63) is 82.2 Å². The standard InChI is InChI=1S/C34H39FN2O6/c1-5-12-41-25-10-8-23(9-11-25)32-30(34(39)40)26(24-15-27(35)33-28(16-24)42-19-43-33)17-37(32)18-29(38)36-31-21(6-2)13-20(4)14-22(31)7-3/h8-11,13-16,26,30,32H,5-7,12,17-19H2,1-4H3,(H,36,38)(H,39,40)/t26-,30?,32+/m1/s1. The van der Waals surface area contributed by atoms with Gasteiger partial charge in [-0.25, -0.2) is 4.39 Å². The van der Waals surface area contributed by atoms with Crippen molar-refractivity contribution in [2.24, 2.45) is 5.92 Å². The zero-order valence-electron chi connectivity index (χ0n) is 25.1. The molecule has 1 amide bonds. The van der Waals surface area contributed by atoms with Crippen LogP contribution in [0.4, 0.5) is 10.1 Å². The van der Waals surface area contributed by atoms with Crippen LogP contribution in [0.5, 0.6) is 17.2 Å². The number of hydrogen-bond acceptors (Lipinski definition) is 6. The molecule has 0 bridgehead atoms. The van der Waals surface area contributed by atoms with Gasteiger partial charge in [0.2, 0.25) is 18.4 Å². The van der Waals surface area contributed by atoms with Gasteiger partial charge in [-0.1, -0.05) is 50.6 Å². The number of nitrogens with one attached hydrogen (secondary N) is 1. The molecule has 2 heterocycles. The highest BCUT2D eigenvalue weighted by molar-refractivity contribution is 5.94. The molecule has 0 spiro atoms. The van der Waals surface area contributed by atoms with Crippen LogP contribution in [-0.2, 0) is 22.4 Å². The molecule has 3 aromatic rings. The summed E-state index contributed by atoms with van der Waals surface area (Å²) >= 11 is 0. The first-order valence-corrected chi connectivity index (χ1v) is 14.9. The van der Waals surface area contributed by atoms with Gasteiger partial charge in [-0.05, 0) is 72.7 Å². The van der Waals surface area contributed by atoms with Gasteiger partial charge in [0, 0.05) is 24.2 Å². The number of ether oxygens (including phenoxy) is 3. The number of fused-ring (bicyclic) bond motifs is 1. The topological polar surface area (TPSA) is 97.3 Å². The Balaban J connectivity index is 1.50. The summed E-state index contributed by atoms with van der Waals surface area (Å²) in [5.74, 6) is -2.45. The number of likely N-dealkylation sites (tertiary alicyclic amines) is 1. The number of hydrogen-bond donors (Lipinski definition) is 2. The number of halogens is 1. The molecule has 3 atom stereocenters. The molecule has 228 valence electrons. The Kier molecular flexibility index (Phi) is 9.20. The van der Waals surface area contributed by atoms with E-state index >= 15 is 0 Å². The second-order valence-corrected chi connectivity index (χ2v) is 11.2. The lowest BCUT2D eigenvalue weighted by Crippen LogP contribution is -2.35. The monoisotopic (exact) mass is 590 g/mol. The van der Waals surface area contributed by atoms with E-state index in [1.807, 2.05) is 43.0 Å². The van der Waals surface area contributed by atoms with Crippen LogP contribution in [0.15, 0.2) is 48.5 Å². The molecule has 3 aromatic carbocycles. The molecular formula is C34H39FN2O6. The third kappa shape index (κ3) is 6.32. The average molecular weight is 591 g/mol. The molecule has 2 N–H and O–H groups in total. The van der Waals surface area contributed by atoms with E-state index in [1.165, 1.54) is 6.07 Å². The number of nitrogens with zero attached hydrogens (tertiary/aromatic N) is 1. The van der Waals surface area contributed by atoms with Gasteiger partial charge < -0.3 is 24.6 Å². The number of benzene rings is 3.